The van der Waals surface area contributed by atoms with Crippen molar-refractivity contribution in [2.45, 2.75) is 6.10 Å². The molecule has 102 valence electrons. The van der Waals surface area contributed by atoms with Gasteiger partial charge in [-0.1, -0.05) is 12.1 Å². The molecule has 0 aliphatic heterocycles. The molecule has 1 rings (SSSR count). The van der Waals surface area contributed by atoms with Crippen molar-refractivity contribution in [3.8, 4) is 0 Å². The number of hydrogen-bond donors (Lipinski definition) is 2. The fourth-order valence-electron chi connectivity index (χ4n) is 1.22. The number of hydrogen-bond acceptors (Lipinski definition) is 4. The molecule has 0 bridgehead atoms. The van der Waals surface area contributed by atoms with Crippen LogP contribution < -0.4 is 5.32 Å². The lowest BCUT2D eigenvalue weighted by atomic mass is 10.2. The Hall–Kier alpha value is -2.21. The van der Waals surface area contributed by atoms with Crippen LogP contribution in [0.1, 0.15) is 5.56 Å². The van der Waals surface area contributed by atoms with E-state index in [9.17, 15) is 19.1 Å². The number of rotatable bonds is 5. The van der Waals surface area contributed by atoms with E-state index in [1.165, 1.54) is 36.4 Å². The Kier molecular flexibility index (Phi) is 5.69. The Bertz CT molecular complexity index is 470. The van der Waals surface area contributed by atoms with Crippen molar-refractivity contribution in [3.63, 3.8) is 0 Å². The van der Waals surface area contributed by atoms with Gasteiger partial charge in [0.25, 0.3) is 0 Å². The van der Waals surface area contributed by atoms with Gasteiger partial charge in [-0.3, -0.25) is 4.79 Å². The van der Waals surface area contributed by atoms with E-state index in [4.69, 9.17) is 0 Å². The molecule has 0 saturated heterocycles. The molecular formula is C13H14FNO4. The highest BCUT2D eigenvalue weighted by atomic mass is 19.1. The molecule has 0 spiro atoms. The molecule has 0 radical (unpaired) electrons. The van der Waals surface area contributed by atoms with Crippen molar-refractivity contribution in [1.82, 2.24) is 5.32 Å². The molecule has 1 aromatic rings. The first kappa shape index (κ1) is 14.8. The molecule has 0 saturated carbocycles. The lowest BCUT2D eigenvalue weighted by Crippen LogP contribution is -2.36. The third-order valence-corrected chi connectivity index (χ3v) is 2.24. The maximum Gasteiger partial charge on any atom is 0.336 e. The molecule has 5 nitrogen and oxygen atoms in total. The van der Waals surface area contributed by atoms with Crippen molar-refractivity contribution in [1.29, 1.82) is 0 Å². The second-order valence-electron chi connectivity index (χ2n) is 3.67. The Morgan fingerprint density at radius 1 is 1.42 bits per heavy atom. The molecule has 1 atom stereocenters. The van der Waals surface area contributed by atoms with Crippen LogP contribution in [-0.2, 0) is 14.3 Å². The molecule has 0 aliphatic carbocycles. The second-order valence-corrected chi connectivity index (χ2v) is 3.67. The van der Waals surface area contributed by atoms with Crippen LogP contribution in [0.5, 0.6) is 0 Å². The second kappa shape index (κ2) is 7.27. The van der Waals surface area contributed by atoms with Gasteiger partial charge >= 0.3 is 5.97 Å². The van der Waals surface area contributed by atoms with Crippen LogP contribution >= 0.6 is 0 Å². The number of halogens is 1. The van der Waals surface area contributed by atoms with Gasteiger partial charge in [-0.05, 0) is 23.8 Å². The fourth-order valence-corrected chi connectivity index (χ4v) is 1.22. The van der Waals surface area contributed by atoms with Crippen LogP contribution in [0, 0.1) is 5.82 Å². The Labute approximate surface area is 109 Å². The van der Waals surface area contributed by atoms with E-state index >= 15 is 0 Å². The van der Waals surface area contributed by atoms with Gasteiger partial charge in [-0.25, -0.2) is 9.18 Å². The topological polar surface area (TPSA) is 75.6 Å². The molecule has 19 heavy (non-hydrogen) atoms. The molecule has 2 N–H and O–H groups in total. The van der Waals surface area contributed by atoms with Crippen molar-refractivity contribution >= 4 is 18.0 Å². The van der Waals surface area contributed by atoms with Crippen LogP contribution in [-0.4, -0.2) is 36.7 Å². The molecule has 0 aromatic heterocycles. The Morgan fingerprint density at radius 3 is 2.63 bits per heavy atom. The minimum Gasteiger partial charge on any atom is -0.467 e. The average Bonchev–Trinajstić information content (AvgIpc) is 2.43. The zero-order valence-corrected chi connectivity index (χ0v) is 10.3. The van der Waals surface area contributed by atoms with E-state index in [0.717, 1.165) is 7.11 Å². The summed E-state index contributed by atoms with van der Waals surface area (Å²) in [6.45, 7) is -0.237. The van der Waals surface area contributed by atoms with E-state index in [1.54, 1.807) is 0 Å². The third kappa shape index (κ3) is 5.31. The molecule has 0 heterocycles. The predicted octanol–water partition coefficient (Wildman–Crippen LogP) is 0.489. The van der Waals surface area contributed by atoms with Gasteiger partial charge in [-0.2, -0.15) is 0 Å². The average molecular weight is 267 g/mol. The molecule has 6 heteroatoms. The minimum absolute atomic E-state index is 0.237. The highest BCUT2D eigenvalue weighted by molar-refractivity contribution is 5.92. The molecular weight excluding hydrogens is 253 g/mol. The molecule has 1 unspecified atom stereocenters. The summed E-state index contributed by atoms with van der Waals surface area (Å²) < 4.78 is 16.9. The van der Waals surface area contributed by atoms with Gasteiger partial charge in [0.05, 0.1) is 13.7 Å². The van der Waals surface area contributed by atoms with E-state index < -0.39 is 18.0 Å². The van der Waals surface area contributed by atoms with Crippen LogP contribution in [0.4, 0.5) is 4.39 Å². The zero-order valence-electron chi connectivity index (χ0n) is 10.3. The number of carbonyl (C=O) groups is 2. The molecule has 0 fully saturated rings. The highest BCUT2D eigenvalue weighted by Gasteiger charge is 2.15. The largest absolute Gasteiger partial charge is 0.467 e. The van der Waals surface area contributed by atoms with Crippen molar-refractivity contribution in [2.75, 3.05) is 13.7 Å². The van der Waals surface area contributed by atoms with Gasteiger partial charge < -0.3 is 15.2 Å². The summed E-state index contributed by atoms with van der Waals surface area (Å²) in [7, 11) is 1.14. The summed E-state index contributed by atoms with van der Waals surface area (Å²) in [6, 6.07) is 5.59. The summed E-state index contributed by atoms with van der Waals surface area (Å²) in [5.74, 6) is -1.65. The summed E-state index contributed by atoms with van der Waals surface area (Å²) in [5, 5.41) is 11.6. The Balaban J connectivity index is 2.43. The monoisotopic (exact) mass is 267 g/mol. The van der Waals surface area contributed by atoms with Crippen LogP contribution in [0.3, 0.4) is 0 Å². The first-order valence-electron chi connectivity index (χ1n) is 5.50. The van der Waals surface area contributed by atoms with Gasteiger partial charge in [0.1, 0.15) is 5.82 Å². The van der Waals surface area contributed by atoms with Crippen molar-refractivity contribution in [2.24, 2.45) is 0 Å². The maximum atomic E-state index is 12.6. The van der Waals surface area contributed by atoms with Crippen LogP contribution in [0.25, 0.3) is 6.08 Å². The van der Waals surface area contributed by atoms with E-state index in [0.29, 0.717) is 5.56 Å². The highest BCUT2D eigenvalue weighted by Crippen LogP contribution is 2.04. The molecule has 1 aromatic carbocycles. The van der Waals surface area contributed by atoms with Crippen LogP contribution in [0.2, 0.25) is 0 Å². The zero-order chi connectivity index (χ0) is 14.3. The normalized spacial score (nSPS) is 12.2. The number of amides is 1. The number of carbonyl (C=O) groups excluding carboxylic acids is 2. The van der Waals surface area contributed by atoms with E-state index in [2.05, 4.69) is 10.1 Å². The first-order chi connectivity index (χ1) is 9.02. The summed E-state index contributed by atoms with van der Waals surface area (Å²) in [5.41, 5.74) is 0.657. The van der Waals surface area contributed by atoms with E-state index in [1.807, 2.05) is 0 Å². The standard InChI is InChI=1S/C13H14FNO4/c1-19-13(18)11(16)8-15-12(17)7-4-9-2-5-10(14)6-3-9/h2-7,11,16H,8H2,1H3,(H,15,17)/b7-4+. The van der Waals surface area contributed by atoms with Gasteiger partial charge in [-0.15, -0.1) is 0 Å². The van der Waals surface area contributed by atoms with E-state index in [-0.39, 0.29) is 12.4 Å². The minimum atomic E-state index is -1.40. The Morgan fingerprint density at radius 2 is 2.05 bits per heavy atom. The van der Waals surface area contributed by atoms with Crippen LogP contribution in [0.15, 0.2) is 30.3 Å². The first-order valence-corrected chi connectivity index (χ1v) is 5.50. The number of nitrogens with one attached hydrogen (secondary N) is 1. The number of methoxy groups -OCH3 is 1. The smallest absolute Gasteiger partial charge is 0.336 e. The quantitative estimate of drug-likeness (QED) is 0.601. The molecule has 0 aliphatic rings. The number of ether oxygens (including phenoxy) is 1. The number of esters is 1. The summed E-state index contributed by atoms with van der Waals surface area (Å²) in [4.78, 5) is 22.2. The predicted molar refractivity (Wildman–Crippen MR) is 66.5 cm³/mol. The van der Waals surface area contributed by atoms with Crippen molar-refractivity contribution in [3.05, 3.63) is 41.7 Å². The van der Waals surface area contributed by atoms with Crippen molar-refractivity contribution < 1.29 is 23.8 Å². The third-order valence-electron chi connectivity index (χ3n) is 2.24. The van der Waals surface area contributed by atoms with Gasteiger partial charge in [0.2, 0.25) is 5.91 Å². The van der Waals surface area contributed by atoms with Gasteiger partial charge in [0.15, 0.2) is 6.10 Å². The summed E-state index contributed by atoms with van der Waals surface area (Å²) in [6.07, 6.45) is 1.31. The van der Waals surface area contributed by atoms with Gasteiger partial charge in [0, 0.05) is 6.08 Å². The molecule has 1 amide bonds. The maximum absolute atomic E-state index is 12.6. The number of aliphatic hydroxyl groups excluding tert-OH is 1. The number of aliphatic hydroxyl groups is 1. The number of benzene rings is 1. The lowest BCUT2D eigenvalue weighted by Gasteiger charge is -2.07. The summed E-state index contributed by atoms with van der Waals surface area (Å²) >= 11 is 0. The SMILES string of the molecule is COC(=O)C(O)CNC(=O)/C=C/c1ccc(F)cc1. The lowest BCUT2D eigenvalue weighted by molar-refractivity contribution is -0.150. The fraction of sp³-hybridized carbons (Fsp3) is 0.231.